The van der Waals surface area contributed by atoms with E-state index in [4.69, 9.17) is 0 Å². The first-order valence-electron chi connectivity index (χ1n) is 5.99. The Hall–Kier alpha value is -0.850. The predicted molar refractivity (Wildman–Crippen MR) is 61.2 cm³/mol. The van der Waals surface area contributed by atoms with Gasteiger partial charge in [0.05, 0.1) is 0 Å². The molecule has 0 atom stereocenters. The zero-order valence-corrected chi connectivity index (χ0v) is 9.38. The van der Waals surface area contributed by atoms with Crippen LogP contribution in [-0.4, -0.2) is 0 Å². The summed E-state index contributed by atoms with van der Waals surface area (Å²) < 4.78 is 13.4. The molecular formula is C14H19F. The predicted octanol–water partition coefficient (Wildman–Crippen LogP) is 4.19. The lowest BCUT2D eigenvalue weighted by Crippen LogP contribution is -2.14. The number of benzene rings is 1. The summed E-state index contributed by atoms with van der Waals surface area (Å²) in [6, 6.07) is 7.19. The highest BCUT2D eigenvalue weighted by molar-refractivity contribution is 5.17. The SMILES string of the molecule is CC1CCC(Cc2ccccc2F)CC1. The van der Waals surface area contributed by atoms with Gasteiger partial charge in [0.2, 0.25) is 0 Å². The van der Waals surface area contributed by atoms with E-state index in [9.17, 15) is 4.39 Å². The Bertz CT molecular complexity index is 311. The van der Waals surface area contributed by atoms with E-state index in [-0.39, 0.29) is 5.82 Å². The summed E-state index contributed by atoms with van der Waals surface area (Å²) in [6.07, 6.45) is 6.11. The van der Waals surface area contributed by atoms with Crippen molar-refractivity contribution in [2.45, 2.75) is 39.0 Å². The van der Waals surface area contributed by atoms with E-state index in [1.807, 2.05) is 12.1 Å². The van der Waals surface area contributed by atoms with Gasteiger partial charge in [-0.25, -0.2) is 4.39 Å². The van der Waals surface area contributed by atoms with Crippen LogP contribution in [0.15, 0.2) is 24.3 Å². The monoisotopic (exact) mass is 206 g/mol. The number of rotatable bonds is 2. The lowest BCUT2D eigenvalue weighted by Gasteiger charge is -2.26. The van der Waals surface area contributed by atoms with Gasteiger partial charge >= 0.3 is 0 Å². The highest BCUT2D eigenvalue weighted by Gasteiger charge is 2.19. The molecule has 1 aliphatic carbocycles. The van der Waals surface area contributed by atoms with E-state index < -0.39 is 0 Å². The molecule has 0 heterocycles. The van der Waals surface area contributed by atoms with Crippen molar-refractivity contribution in [1.29, 1.82) is 0 Å². The summed E-state index contributed by atoms with van der Waals surface area (Å²) in [4.78, 5) is 0. The molecule has 15 heavy (non-hydrogen) atoms. The van der Waals surface area contributed by atoms with Crippen LogP contribution >= 0.6 is 0 Å². The van der Waals surface area contributed by atoms with Gasteiger partial charge < -0.3 is 0 Å². The molecular weight excluding hydrogens is 187 g/mol. The molecule has 0 N–H and O–H groups in total. The fourth-order valence-corrected chi connectivity index (χ4v) is 2.51. The lowest BCUT2D eigenvalue weighted by atomic mass is 9.80. The van der Waals surface area contributed by atoms with Crippen molar-refractivity contribution in [2.24, 2.45) is 11.8 Å². The molecule has 0 saturated heterocycles. The van der Waals surface area contributed by atoms with Gasteiger partial charge in [-0.1, -0.05) is 38.0 Å². The van der Waals surface area contributed by atoms with Crippen molar-refractivity contribution in [3.63, 3.8) is 0 Å². The van der Waals surface area contributed by atoms with Gasteiger partial charge in [-0.2, -0.15) is 0 Å². The smallest absolute Gasteiger partial charge is 0.126 e. The molecule has 82 valence electrons. The molecule has 1 aliphatic rings. The third kappa shape index (κ3) is 2.80. The standard InChI is InChI=1S/C14H19F/c1-11-6-8-12(9-7-11)10-13-4-2-3-5-14(13)15/h2-5,11-12H,6-10H2,1H3. The van der Waals surface area contributed by atoms with Crippen molar-refractivity contribution in [3.8, 4) is 0 Å². The summed E-state index contributed by atoms with van der Waals surface area (Å²) in [5.74, 6) is 1.55. The third-order valence-corrected chi connectivity index (χ3v) is 3.60. The zero-order chi connectivity index (χ0) is 10.7. The topological polar surface area (TPSA) is 0 Å². The Morgan fingerprint density at radius 2 is 1.80 bits per heavy atom. The van der Waals surface area contributed by atoms with Crippen LogP contribution in [0.4, 0.5) is 4.39 Å². The zero-order valence-electron chi connectivity index (χ0n) is 9.38. The van der Waals surface area contributed by atoms with Crippen molar-refractivity contribution < 1.29 is 4.39 Å². The number of halogens is 1. The minimum atomic E-state index is -0.0314. The average molecular weight is 206 g/mol. The summed E-state index contributed by atoms with van der Waals surface area (Å²) in [7, 11) is 0. The van der Waals surface area contributed by atoms with E-state index in [1.54, 1.807) is 12.1 Å². The molecule has 1 heteroatoms. The molecule has 2 rings (SSSR count). The second kappa shape index (κ2) is 4.78. The molecule has 0 spiro atoms. The Kier molecular flexibility index (Phi) is 3.40. The number of hydrogen-bond acceptors (Lipinski definition) is 0. The summed E-state index contributed by atoms with van der Waals surface area (Å²) >= 11 is 0. The van der Waals surface area contributed by atoms with Crippen LogP contribution in [0.5, 0.6) is 0 Å². The molecule has 1 aromatic carbocycles. The van der Waals surface area contributed by atoms with Gasteiger partial charge in [-0.05, 0) is 42.7 Å². The Morgan fingerprint density at radius 1 is 1.13 bits per heavy atom. The first-order valence-corrected chi connectivity index (χ1v) is 5.99. The van der Waals surface area contributed by atoms with Crippen LogP contribution < -0.4 is 0 Å². The van der Waals surface area contributed by atoms with Gasteiger partial charge in [0.15, 0.2) is 0 Å². The molecule has 0 aliphatic heterocycles. The Labute approximate surface area is 91.5 Å². The van der Waals surface area contributed by atoms with Gasteiger partial charge in [0.25, 0.3) is 0 Å². The van der Waals surface area contributed by atoms with E-state index in [2.05, 4.69) is 6.92 Å². The van der Waals surface area contributed by atoms with Crippen LogP contribution in [0.25, 0.3) is 0 Å². The normalized spacial score (nSPS) is 26.5. The molecule has 0 aromatic heterocycles. The first-order chi connectivity index (χ1) is 7.25. The minimum absolute atomic E-state index is 0.0314. The number of hydrogen-bond donors (Lipinski definition) is 0. The quantitative estimate of drug-likeness (QED) is 0.680. The van der Waals surface area contributed by atoms with Crippen LogP contribution in [0, 0.1) is 17.7 Å². The maximum atomic E-state index is 13.4. The molecule has 0 amide bonds. The van der Waals surface area contributed by atoms with Crippen molar-refractivity contribution in [1.82, 2.24) is 0 Å². The molecule has 1 saturated carbocycles. The van der Waals surface area contributed by atoms with Crippen LogP contribution in [0.3, 0.4) is 0 Å². The van der Waals surface area contributed by atoms with Gasteiger partial charge in [0, 0.05) is 0 Å². The first kappa shape index (κ1) is 10.7. The van der Waals surface area contributed by atoms with E-state index in [1.165, 1.54) is 25.7 Å². The Balaban J connectivity index is 1.95. The minimum Gasteiger partial charge on any atom is -0.207 e. The van der Waals surface area contributed by atoms with Crippen molar-refractivity contribution in [3.05, 3.63) is 35.6 Å². The van der Waals surface area contributed by atoms with E-state index in [0.717, 1.165) is 17.9 Å². The maximum absolute atomic E-state index is 13.4. The largest absolute Gasteiger partial charge is 0.207 e. The fraction of sp³-hybridized carbons (Fsp3) is 0.571. The van der Waals surface area contributed by atoms with Crippen LogP contribution in [-0.2, 0) is 6.42 Å². The molecule has 1 fully saturated rings. The van der Waals surface area contributed by atoms with E-state index >= 15 is 0 Å². The third-order valence-electron chi connectivity index (χ3n) is 3.60. The second-order valence-electron chi connectivity index (χ2n) is 4.92. The van der Waals surface area contributed by atoms with E-state index in [0.29, 0.717) is 5.92 Å². The van der Waals surface area contributed by atoms with Crippen LogP contribution in [0.2, 0.25) is 0 Å². The van der Waals surface area contributed by atoms with Crippen molar-refractivity contribution >= 4 is 0 Å². The van der Waals surface area contributed by atoms with Crippen molar-refractivity contribution in [2.75, 3.05) is 0 Å². The summed E-state index contributed by atoms with van der Waals surface area (Å²) in [6.45, 7) is 2.32. The van der Waals surface area contributed by atoms with Gasteiger partial charge in [0.1, 0.15) is 5.82 Å². The molecule has 0 nitrogen and oxygen atoms in total. The molecule has 0 bridgehead atoms. The lowest BCUT2D eigenvalue weighted by molar-refractivity contribution is 0.287. The summed E-state index contributed by atoms with van der Waals surface area (Å²) in [5.41, 5.74) is 0.900. The van der Waals surface area contributed by atoms with Gasteiger partial charge in [-0.3, -0.25) is 0 Å². The molecule has 0 radical (unpaired) electrons. The maximum Gasteiger partial charge on any atom is 0.126 e. The Morgan fingerprint density at radius 3 is 2.47 bits per heavy atom. The highest BCUT2D eigenvalue weighted by Crippen LogP contribution is 2.30. The molecule has 1 aromatic rings. The fourth-order valence-electron chi connectivity index (χ4n) is 2.51. The molecule has 0 unspecified atom stereocenters. The summed E-state index contributed by atoms with van der Waals surface area (Å²) in [5, 5.41) is 0. The van der Waals surface area contributed by atoms with Gasteiger partial charge in [-0.15, -0.1) is 0 Å². The highest BCUT2D eigenvalue weighted by atomic mass is 19.1. The second-order valence-corrected chi connectivity index (χ2v) is 4.92. The average Bonchev–Trinajstić information content (AvgIpc) is 2.25. The van der Waals surface area contributed by atoms with Crippen LogP contribution in [0.1, 0.15) is 38.2 Å².